The predicted octanol–water partition coefficient (Wildman–Crippen LogP) is 6.18. The van der Waals surface area contributed by atoms with E-state index in [0.717, 1.165) is 44.8 Å². The average Bonchev–Trinajstić information content (AvgIpc) is 3.30. The van der Waals surface area contributed by atoms with Gasteiger partial charge in [0.25, 0.3) is 0 Å². The number of ether oxygens (including phenoxy) is 1. The van der Waals surface area contributed by atoms with Crippen molar-refractivity contribution in [2.45, 2.75) is 13.3 Å². The van der Waals surface area contributed by atoms with Crippen LogP contribution in [0, 0.1) is 5.82 Å². The second-order valence-corrected chi connectivity index (χ2v) is 7.52. The Labute approximate surface area is 190 Å². The van der Waals surface area contributed by atoms with E-state index in [0.29, 0.717) is 17.7 Å². The summed E-state index contributed by atoms with van der Waals surface area (Å²) in [6.45, 7) is 2.00. The molecule has 0 spiro atoms. The molecule has 0 saturated carbocycles. The summed E-state index contributed by atoms with van der Waals surface area (Å²) < 4.78 is 20.3. The average molecular weight is 442 g/mol. The molecule has 33 heavy (non-hydrogen) atoms. The van der Waals surface area contributed by atoms with Crippen molar-refractivity contribution >= 4 is 34.1 Å². The third-order valence-electron chi connectivity index (χ3n) is 5.50. The van der Waals surface area contributed by atoms with Crippen molar-refractivity contribution in [1.29, 1.82) is 0 Å². The number of carboxylic acid groups (broad SMARTS) is 1. The van der Waals surface area contributed by atoms with E-state index in [2.05, 4.69) is 10.2 Å². The van der Waals surface area contributed by atoms with E-state index in [1.165, 1.54) is 19.3 Å². The summed E-state index contributed by atoms with van der Waals surface area (Å²) in [5, 5.41) is 16.9. The Hall–Kier alpha value is -4.19. The predicted molar refractivity (Wildman–Crippen MR) is 128 cm³/mol. The molecule has 0 bridgehead atoms. The molecule has 1 aromatic heterocycles. The largest absolute Gasteiger partial charge is 0.497 e. The number of carboxylic acids is 1. The summed E-state index contributed by atoms with van der Waals surface area (Å²) in [5.41, 5.74) is 5.78. The van der Waals surface area contributed by atoms with Gasteiger partial charge in [0.05, 0.1) is 18.8 Å². The molecule has 5 nitrogen and oxygen atoms in total. The molecule has 0 aliphatic heterocycles. The molecular formula is C27H23FN2O3. The van der Waals surface area contributed by atoms with Gasteiger partial charge in [-0.05, 0) is 64.6 Å². The Kier molecular flexibility index (Phi) is 6.36. The first-order valence-corrected chi connectivity index (χ1v) is 10.5. The Balaban J connectivity index is 1.92. The quantitative estimate of drug-likeness (QED) is 0.265. The molecule has 4 rings (SSSR count). The van der Waals surface area contributed by atoms with Gasteiger partial charge in [-0.3, -0.25) is 5.10 Å². The van der Waals surface area contributed by atoms with Gasteiger partial charge < -0.3 is 9.84 Å². The number of allylic oxidation sites excluding steroid dienone is 1. The molecule has 2 N–H and O–H groups in total. The smallest absolute Gasteiger partial charge is 0.328 e. The van der Waals surface area contributed by atoms with Crippen molar-refractivity contribution in [3.63, 3.8) is 0 Å². The Morgan fingerprint density at radius 2 is 1.85 bits per heavy atom. The maximum atomic E-state index is 15.1. The normalized spacial score (nSPS) is 12.2. The Morgan fingerprint density at radius 1 is 1.09 bits per heavy atom. The van der Waals surface area contributed by atoms with Crippen molar-refractivity contribution in [3.05, 3.63) is 101 Å². The van der Waals surface area contributed by atoms with Gasteiger partial charge in [-0.1, -0.05) is 37.3 Å². The fourth-order valence-corrected chi connectivity index (χ4v) is 3.91. The molecule has 0 aliphatic carbocycles. The number of hydrogen-bond donors (Lipinski definition) is 2. The second-order valence-electron chi connectivity index (χ2n) is 7.52. The van der Waals surface area contributed by atoms with Crippen molar-refractivity contribution in [1.82, 2.24) is 10.2 Å². The zero-order valence-corrected chi connectivity index (χ0v) is 18.3. The molecule has 0 aliphatic rings. The molecule has 1 heterocycles. The van der Waals surface area contributed by atoms with Crippen LogP contribution in [-0.4, -0.2) is 28.4 Å². The highest BCUT2D eigenvalue weighted by atomic mass is 19.1. The lowest BCUT2D eigenvalue weighted by molar-refractivity contribution is -0.131. The fraction of sp³-hybridized carbons (Fsp3) is 0.111. The molecule has 0 fully saturated rings. The van der Waals surface area contributed by atoms with E-state index in [-0.39, 0.29) is 5.82 Å². The van der Waals surface area contributed by atoms with Crippen LogP contribution in [0.3, 0.4) is 0 Å². The van der Waals surface area contributed by atoms with Crippen LogP contribution >= 0.6 is 0 Å². The highest BCUT2D eigenvalue weighted by molar-refractivity contribution is 6.00. The van der Waals surface area contributed by atoms with Crippen LogP contribution in [-0.2, 0) is 4.79 Å². The number of nitrogens with one attached hydrogen (secondary N) is 1. The molecule has 0 unspecified atom stereocenters. The molecule has 0 amide bonds. The molecule has 166 valence electrons. The number of methoxy groups -OCH3 is 1. The first-order chi connectivity index (χ1) is 16.0. The Morgan fingerprint density at radius 3 is 2.52 bits per heavy atom. The monoisotopic (exact) mass is 442 g/mol. The van der Waals surface area contributed by atoms with E-state index in [4.69, 9.17) is 9.84 Å². The van der Waals surface area contributed by atoms with Crippen molar-refractivity contribution < 1.29 is 19.0 Å². The number of nitrogens with zero attached hydrogens (tertiary/aromatic N) is 1. The first-order valence-electron chi connectivity index (χ1n) is 10.5. The topological polar surface area (TPSA) is 75.2 Å². The van der Waals surface area contributed by atoms with Gasteiger partial charge >= 0.3 is 5.97 Å². The second kappa shape index (κ2) is 9.53. The van der Waals surface area contributed by atoms with Crippen molar-refractivity contribution in [3.8, 4) is 5.75 Å². The molecule has 0 saturated heterocycles. The number of aliphatic carboxylic acids is 1. The zero-order valence-electron chi connectivity index (χ0n) is 18.3. The van der Waals surface area contributed by atoms with E-state index < -0.39 is 5.97 Å². The number of hydrogen-bond acceptors (Lipinski definition) is 3. The minimum atomic E-state index is -1.00. The number of fused-ring (bicyclic) bond motifs is 1. The maximum Gasteiger partial charge on any atom is 0.328 e. The SMILES string of the molecule is CCC(=C(c1ccc(C=CC(=O)O)cc1)c1ccc2[nH]ncc2c1)c1ccc(OC)cc1F. The molecule has 0 radical (unpaired) electrons. The van der Waals surface area contributed by atoms with Crippen LogP contribution in [0.15, 0.2) is 72.9 Å². The van der Waals surface area contributed by atoms with Gasteiger partial charge in [0.2, 0.25) is 0 Å². The lowest BCUT2D eigenvalue weighted by Gasteiger charge is -2.17. The minimum absolute atomic E-state index is 0.353. The number of carbonyl (C=O) groups is 1. The van der Waals surface area contributed by atoms with Crippen molar-refractivity contribution in [2.75, 3.05) is 7.11 Å². The standard InChI is InChI=1S/C27H23FN2O3/c1-3-22(23-11-10-21(33-2)15-24(23)28)27(19-9-12-25-20(14-19)16-29-30-25)18-7-4-17(5-8-18)6-13-26(31)32/h4-16H,3H2,1-2H3,(H,29,30)(H,31,32). The summed E-state index contributed by atoms with van der Waals surface area (Å²) in [4.78, 5) is 10.8. The van der Waals surface area contributed by atoms with Crippen LogP contribution < -0.4 is 4.74 Å². The number of aromatic amines is 1. The van der Waals surface area contributed by atoms with Gasteiger partial charge in [-0.25, -0.2) is 9.18 Å². The van der Waals surface area contributed by atoms with Crippen molar-refractivity contribution in [2.24, 2.45) is 0 Å². The molecule has 6 heteroatoms. The number of benzene rings is 3. The summed E-state index contributed by atoms with van der Waals surface area (Å²) in [6.07, 6.45) is 5.00. The summed E-state index contributed by atoms with van der Waals surface area (Å²) >= 11 is 0. The van der Waals surface area contributed by atoms with Crippen LogP contribution in [0.1, 0.15) is 35.6 Å². The lowest BCUT2D eigenvalue weighted by atomic mass is 9.87. The number of aromatic nitrogens is 2. The number of rotatable bonds is 7. The third-order valence-corrected chi connectivity index (χ3v) is 5.50. The molecule has 0 atom stereocenters. The first kappa shape index (κ1) is 22.0. The van der Waals surface area contributed by atoms with Gasteiger partial charge in [-0.15, -0.1) is 0 Å². The zero-order chi connectivity index (χ0) is 23.4. The molecule has 4 aromatic rings. The van der Waals surface area contributed by atoms with Gasteiger partial charge in [0.1, 0.15) is 11.6 Å². The van der Waals surface area contributed by atoms with Crippen LogP contribution in [0.25, 0.3) is 28.1 Å². The van der Waals surface area contributed by atoms with Gasteiger partial charge in [0.15, 0.2) is 0 Å². The van der Waals surface area contributed by atoms with Gasteiger partial charge in [-0.2, -0.15) is 5.10 Å². The van der Waals surface area contributed by atoms with Crippen LogP contribution in [0.5, 0.6) is 5.75 Å². The van der Waals surface area contributed by atoms with Crippen LogP contribution in [0.2, 0.25) is 0 Å². The van der Waals surface area contributed by atoms with E-state index in [1.807, 2.05) is 49.4 Å². The minimum Gasteiger partial charge on any atom is -0.497 e. The lowest BCUT2D eigenvalue weighted by Crippen LogP contribution is -1.98. The number of H-pyrrole nitrogens is 1. The highest BCUT2D eigenvalue weighted by Gasteiger charge is 2.17. The Bertz CT molecular complexity index is 1370. The third kappa shape index (κ3) is 4.70. The van der Waals surface area contributed by atoms with E-state index in [9.17, 15) is 4.79 Å². The maximum absolute atomic E-state index is 15.1. The highest BCUT2D eigenvalue weighted by Crippen LogP contribution is 2.37. The van der Waals surface area contributed by atoms with Gasteiger partial charge in [0, 0.05) is 23.1 Å². The fourth-order valence-electron chi connectivity index (χ4n) is 3.91. The van der Waals surface area contributed by atoms with E-state index >= 15 is 4.39 Å². The molecule has 3 aromatic carbocycles. The number of halogens is 1. The summed E-state index contributed by atoms with van der Waals surface area (Å²) in [5.74, 6) is -0.895. The molecular weight excluding hydrogens is 419 g/mol. The summed E-state index contributed by atoms with van der Waals surface area (Å²) in [7, 11) is 1.51. The summed E-state index contributed by atoms with van der Waals surface area (Å²) in [6, 6.07) is 18.4. The van der Waals surface area contributed by atoms with E-state index in [1.54, 1.807) is 18.3 Å². The van der Waals surface area contributed by atoms with Crippen LogP contribution in [0.4, 0.5) is 4.39 Å².